The van der Waals surface area contributed by atoms with Gasteiger partial charge in [-0.2, -0.15) is 0 Å². The standard InChI is InChI=1S/C20H19N3O/c1-2-18(24)21-20-17-13-12-14-8-6-7-11-16(14)19(17)23(22-20)15-9-4-3-5-10-15/h3-11H,2,12-13H2,1H3,(H,21,22,24). The zero-order valence-electron chi connectivity index (χ0n) is 13.6. The van der Waals surface area contributed by atoms with Crippen LogP contribution in [-0.4, -0.2) is 15.7 Å². The predicted molar refractivity (Wildman–Crippen MR) is 95.3 cm³/mol. The molecular weight excluding hydrogens is 298 g/mol. The smallest absolute Gasteiger partial charge is 0.225 e. The number of hydrogen-bond donors (Lipinski definition) is 1. The van der Waals surface area contributed by atoms with Gasteiger partial charge >= 0.3 is 0 Å². The monoisotopic (exact) mass is 317 g/mol. The summed E-state index contributed by atoms with van der Waals surface area (Å²) in [5.41, 5.74) is 5.75. The third-order valence-corrected chi connectivity index (χ3v) is 4.48. The lowest BCUT2D eigenvalue weighted by molar-refractivity contribution is -0.115. The van der Waals surface area contributed by atoms with Crippen molar-refractivity contribution in [1.82, 2.24) is 9.78 Å². The molecule has 4 heteroatoms. The number of anilines is 1. The Morgan fingerprint density at radius 1 is 1.08 bits per heavy atom. The van der Waals surface area contributed by atoms with Crippen molar-refractivity contribution in [2.45, 2.75) is 26.2 Å². The van der Waals surface area contributed by atoms with Crippen molar-refractivity contribution in [2.24, 2.45) is 0 Å². The van der Waals surface area contributed by atoms with Crippen LogP contribution < -0.4 is 5.32 Å². The van der Waals surface area contributed by atoms with E-state index in [-0.39, 0.29) is 5.91 Å². The first-order chi connectivity index (χ1) is 11.8. The zero-order valence-corrected chi connectivity index (χ0v) is 13.6. The normalized spacial score (nSPS) is 12.4. The third-order valence-electron chi connectivity index (χ3n) is 4.48. The number of carbonyl (C=O) groups is 1. The van der Waals surface area contributed by atoms with Crippen LogP contribution in [0.25, 0.3) is 16.9 Å². The Morgan fingerprint density at radius 3 is 2.62 bits per heavy atom. The molecule has 3 aromatic rings. The van der Waals surface area contributed by atoms with E-state index in [9.17, 15) is 4.79 Å². The largest absolute Gasteiger partial charge is 0.309 e. The van der Waals surface area contributed by atoms with E-state index in [0.29, 0.717) is 12.2 Å². The highest BCUT2D eigenvalue weighted by Gasteiger charge is 2.26. The lowest BCUT2D eigenvalue weighted by Gasteiger charge is -2.18. The van der Waals surface area contributed by atoms with Gasteiger partial charge in [-0.1, -0.05) is 49.4 Å². The highest BCUT2D eigenvalue weighted by molar-refractivity contribution is 5.92. The second-order valence-corrected chi connectivity index (χ2v) is 5.98. The van der Waals surface area contributed by atoms with E-state index < -0.39 is 0 Å². The van der Waals surface area contributed by atoms with E-state index in [4.69, 9.17) is 5.10 Å². The van der Waals surface area contributed by atoms with E-state index in [1.54, 1.807) is 0 Å². The molecule has 0 spiro atoms. The Hall–Kier alpha value is -2.88. The minimum absolute atomic E-state index is 0.00521. The first-order valence-electron chi connectivity index (χ1n) is 8.33. The van der Waals surface area contributed by atoms with Gasteiger partial charge in [0.2, 0.25) is 5.91 Å². The minimum Gasteiger partial charge on any atom is -0.309 e. The number of nitrogens with zero attached hydrogens (tertiary/aromatic N) is 2. The molecule has 0 aliphatic heterocycles. The Labute approximate surface area is 141 Å². The third kappa shape index (κ3) is 2.40. The number of para-hydroxylation sites is 1. The molecule has 0 saturated heterocycles. The van der Waals surface area contributed by atoms with Crippen molar-refractivity contribution >= 4 is 11.7 Å². The molecule has 0 saturated carbocycles. The molecule has 120 valence electrons. The number of amides is 1. The number of benzene rings is 2. The quantitative estimate of drug-likeness (QED) is 0.794. The van der Waals surface area contributed by atoms with Crippen LogP contribution in [0.4, 0.5) is 5.82 Å². The summed E-state index contributed by atoms with van der Waals surface area (Å²) >= 11 is 0. The molecule has 4 rings (SSSR count). The summed E-state index contributed by atoms with van der Waals surface area (Å²) in [6, 6.07) is 18.5. The van der Waals surface area contributed by atoms with E-state index in [2.05, 4.69) is 29.6 Å². The predicted octanol–water partition coefficient (Wildman–Crippen LogP) is 3.99. The number of rotatable bonds is 3. The maximum Gasteiger partial charge on any atom is 0.225 e. The highest BCUT2D eigenvalue weighted by Crippen LogP contribution is 2.38. The van der Waals surface area contributed by atoms with Crippen molar-refractivity contribution in [2.75, 3.05) is 5.32 Å². The fraction of sp³-hybridized carbons (Fsp3) is 0.200. The summed E-state index contributed by atoms with van der Waals surface area (Å²) in [4.78, 5) is 11.9. The molecule has 1 amide bonds. The highest BCUT2D eigenvalue weighted by atomic mass is 16.1. The van der Waals surface area contributed by atoms with Gasteiger partial charge in [0.15, 0.2) is 5.82 Å². The van der Waals surface area contributed by atoms with Gasteiger partial charge in [-0.05, 0) is 30.5 Å². The summed E-state index contributed by atoms with van der Waals surface area (Å²) in [5, 5.41) is 7.70. The van der Waals surface area contributed by atoms with Crippen LogP contribution in [-0.2, 0) is 17.6 Å². The molecule has 0 unspecified atom stereocenters. The average molecular weight is 317 g/mol. The zero-order chi connectivity index (χ0) is 16.5. The van der Waals surface area contributed by atoms with Gasteiger partial charge in [0.05, 0.1) is 11.4 Å². The Kier molecular flexibility index (Phi) is 3.65. The SMILES string of the molecule is CCC(=O)Nc1nn(-c2ccccc2)c2c1CCc1ccccc1-2. The van der Waals surface area contributed by atoms with E-state index in [0.717, 1.165) is 29.8 Å². The average Bonchev–Trinajstić information content (AvgIpc) is 3.01. The fourth-order valence-corrected chi connectivity index (χ4v) is 3.27. The van der Waals surface area contributed by atoms with Crippen LogP contribution in [0.15, 0.2) is 54.6 Å². The van der Waals surface area contributed by atoms with Gasteiger partial charge in [-0.25, -0.2) is 4.68 Å². The molecule has 1 N–H and O–H groups in total. The van der Waals surface area contributed by atoms with Crippen molar-refractivity contribution < 1.29 is 4.79 Å². The van der Waals surface area contributed by atoms with Crippen molar-refractivity contribution in [1.29, 1.82) is 0 Å². The summed E-state index contributed by atoms with van der Waals surface area (Å²) in [5.74, 6) is 0.685. The molecule has 1 aliphatic rings. The second kappa shape index (κ2) is 5.96. The Balaban J connectivity index is 1.93. The van der Waals surface area contributed by atoms with Gasteiger partial charge in [0.1, 0.15) is 0 Å². The molecule has 1 heterocycles. The summed E-state index contributed by atoms with van der Waals surface area (Å²) in [6.07, 6.45) is 2.31. The maximum absolute atomic E-state index is 11.9. The number of fused-ring (bicyclic) bond motifs is 3. The molecule has 0 radical (unpaired) electrons. The van der Waals surface area contributed by atoms with Gasteiger partial charge < -0.3 is 5.32 Å². The van der Waals surface area contributed by atoms with Crippen LogP contribution in [0.2, 0.25) is 0 Å². The van der Waals surface area contributed by atoms with Gasteiger partial charge in [-0.15, -0.1) is 5.10 Å². The first kappa shape index (κ1) is 14.7. The molecule has 1 aromatic heterocycles. The Morgan fingerprint density at radius 2 is 1.83 bits per heavy atom. The molecule has 2 aromatic carbocycles. The summed E-state index contributed by atoms with van der Waals surface area (Å²) in [6.45, 7) is 1.85. The van der Waals surface area contributed by atoms with Gasteiger partial charge in [0.25, 0.3) is 0 Å². The number of hydrogen-bond acceptors (Lipinski definition) is 2. The molecule has 1 aliphatic carbocycles. The molecule has 4 nitrogen and oxygen atoms in total. The van der Waals surface area contributed by atoms with E-state index in [1.807, 2.05) is 41.9 Å². The molecule has 0 atom stereocenters. The van der Waals surface area contributed by atoms with Crippen molar-refractivity contribution in [3.8, 4) is 16.9 Å². The van der Waals surface area contributed by atoms with Gasteiger partial charge in [0, 0.05) is 17.5 Å². The van der Waals surface area contributed by atoms with Crippen molar-refractivity contribution in [3.63, 3.8) is 0 Å². The van der Waals surface area contributed by atoms with Crippen LogP contribution in [0, 0.1) is 0 Å². The number of nitrogens with one attached hydrogen (secondary N) is 1. The Bertz CT molecular complexity index is 897. The lowest BCUT2D eigenvalue weighted by Crippen LogP contribution is -2.12. The lowest BCUT2D eigenvalue weighted by atomic mass is 9.89. The van der Waals surface area contributed by atoms with Crippen LogP contribution in [0.5, 0.6) is 0 Å². The summed E-state index contributed by atoms with van der Waals surface area (Å²) < 4.78 is 1.96. The van der Waals surface area contributed by atoms with Gasteiger partial charge in [-0.3, -0.25) is 4.79 Å². The van der Waals surface area contributed by atoms with Crippen LogP contribution in [0.1, 0.15) is 24.5 Å². The topological polar surface area (TPSA) is 46.9 Å². The summed E-state index contributed by atoms with van der Waals surface area (Å²) in [7, 11) is 0. The maximum atomic E-state index is 11.9. The molecule has 0 fully saturated rings. The van der Waals surface area contributed by atoms with Crippen molar-refractivity contribution in [3.05, 3.63) is 65.7 Å². The van der Waals surface area contributed by atoms with E-state index in [1.165, 1.54) is 11.1 Å². The molecule has 0 bridgehead atoms. The second-order valence-electron chi connectivity index (χ2n) is 5.98. The number of carbonyl (C=O) groups excluding carboxylic acids is 1. The van der Waals surface area contributed by atoms with Crippen LogP contribution in [0.3, 0.4) is 0 Å². The number of aryl methyl sites for hydroxylation is 1. The molecule has 24 heavy (non-hydrogen) atoms. The number of aromatic nitrogens is 2. The van der Waals surface area contributed by atoms with E-state index >= 15 is 0 Å². The fourth-order valence-electron chi connectivity index (χ4n) is 3.27. The minimum atomic E-state index is -0.00521. The molecular formula is C20H19N3O. The van der Waals surface area contributed by atoms with Crippen LogP contribution >= 0.6 is 0 Å². The first-order valence-corrected chi connectivity index (χ1v) is 8.33.